The number of hydrogen-bond donors (Lipinski definition) is 2. The lowest BCUT2D eigenvalue weighted by molar-refractivity contribution is -0.0122. The van der Waals surface area contributed by atoms with Gasteiger partial charge in [0.05, 0.1) is 24.0 Å². The SMILES string of the molecule is CC(C)OC[C@@H](O)COc1ccc(C2(c3ccc(OC[C@H](O)CCl)cc3)c3ccccc3-c3ccccc32)cc1. The van der Waals surface area contributed by atoms with Gasteiger partial charge in [-0.25, -0.2) is 0 Å². The molecule has 0 aliphatic heterocycles. The van der Waals surface area contributed by atoms with Crippen LogP contribution in [-0.4, -0.2) is 54.2 Å². The van der Waals surface area contributed by atoms with Gasteiger partial charge in [-0.1, -0.05) is 72.8 Å². The number of alkyl halides is 1. The standard InChI is InChI=1S/C34H35ClO5/c1-23(2)38-21-27(37)22-40-29-17-13-25(14-18-29)34(24-11-15-28(16-12-24)39-20-26(36)19-35)32-9-5-3-7-30(32)31-8-4-6-10-33(31)34/h3-18,23,26-27,36-37H,19-22H2,1-2H3/t26-,27-/m1/s1. The molecule has 2 N–H and O–H groups in total. The van der Waals surface area contributed by atoms with Crippen molar-refractivity contribution >= 4 is 11.6 Å². The van der Waals surface area contributed by atoms with Crippen molar-refractivity contribution in [2.24, 2.45) is 0 Å². The van der Waals surface area contributed by atoms with E-state index in [9.17, 15) is 10.2 Å². The number of benzene rings is 4. The van der Waals surface area contributed by atoms with Gasteiger partial charge < -0.3 is 24.4 Å². The molecule has 0 aromatic heterocycles. The third-order valence-electron chi connectivity index (χ3n) is 7.21. The number of aliphatic hydroxyl groups excluding tert-OH is 2. The summed E-state index contributed by atoms with van der Waals surface area (Å²) < 4.78 is 17.1. The van der Waals surface area contributed by atoms with Crippen LogP contribution in [0, 0.1) is 0 Å². The molecule has 6 heteroatoms. The maximum Gasteiger partial charge on any atom is 0.119 e. The molecule has 4 aromatic rings. The summed E-state index contributed by atoms with van der Waals surface area (Å²) in [6.07, 6.45) is -1.36. The van der Waals surface area contributed by atoms with Crippen molar-refractivity contribution in [3.63, 3.8) is 0 Å². The molecule has 5 nitrogen and oxygen atoms in total. The van der Waals surface area contributed by atoms with E-state index in [1.807, 2.05) is 38.1 Å². The normalized spacial score (nSPS) is 14.8. The molecule has 0 bridgehead atoms. The van der Waals surface area contributed by atoms with Gasteiger partial charge >= 0.3 is 0 Å². The molecule has 0 spiro atoms. The van der Waals surface area contributed by atoms with E-state index in [1.54, 1.807) is 0 Å². The van der Waals surface area contributed by atoms with E-state index < -0.39 is 17.6 Å². The van der Waals surface area contributed by atoms with Gasteiger partial charge in [0.2, 0.25) is 0 Å². The average Bonchev–Trinajstić information content (AvgIpc) is 3.29. The maximum atomic E-state index is 10.2. The Morgan fingerprint density at radius 1 is 0.625 bits per heavy atom. The zero-order valence-corrected chi connectivity index (χ0v) is 23.6. The second-order valence-corrected chi connectivity index (χ2v) is 10.7. The lowest BCUT2D eigenvalue weighted by atomic mass is 9.68. The quantitative estimate of drug-likeness (QED) is 0.179. The summed E-state index contributed by atoms with van der Waals surface area (Å²) in [5, 5.41) is 20.0. The summed E-state index contributed by atoms with van der Waals surface area (Å²) in [6.45, 7) is 4.40. The Hall–Kier alpha value is -3.35. The van der Waals surface area contributed by atoms with Crippen LogP contribution >= 0.6 is 11.6 Å². The van der Waals surface area contributed by atoms with Crippen LogP contribution in [-0.2, 0) is 10.2 Å². The second kappa shape index (κ2) is 12.4. The van der Waals surface area contributed by atoms with Crippen LogP contribution < -0.4 is 9.47 Å². The second-order valence-electron chi connectivity index (χ2n) is 10.4. The number of ether oxygens (including phenoxy) is 3. The Labute approximate surface area is 240 Å². The van der Waals surface area contributed by atoms with Gasteiger partial charge in [-0.3, -0.25) is 0 Å². The number of hydrogen-bond acceptors (Lipinski definition) is 5. The van der Waals surface area contributed by atoms with Crippen molar-refractivity contribution in [3.05, 3.63) is 119 Å². The molecule has 40 heavy (non-hydrogen) atoms. The van der Waals surface area contributed by atoms with Crippen LogP contribution in [0.1, 0.15) is 36.1 Å². The molecule has 0 saturated heterocycles. The van der Waals surface area contributed by atoms with Crippen molar-refractivity contribution in [1.82, 2.24) is 0 Å². The maximum absolute atomic E-state index is 10.2. The third kappa shape index (κ3) is 5.61. The Kier molecular flexibility index (Phi) is 8.77. The van der Waals surface area contributed by atoms with E-state index in [2.05, 4.69) is 72.8 Å². The molecule has 208 valence electrons. The Morgan fingerprint density at radius 3 is 1.52 bits per heavy atom. The zero-order valence-electron chi connectivity index (χ0n) is 22.8. The van der Waals surface area contributed by atoms with Gasteiger partial charge in [-0.2, -0.15) is 0 Å². The van der Waals surface area contributed by atoms with Gasteiger partial charge in [0, 0.05) is 0 Å². The minimum atomic E-state index is -0.717. The predicted molar refractivity (Wildman–Crippen MR) is 159 cm³/mol. The summed E-state index contributed by atoms with van der Waals surface area (Å²) in [5.41, 5.74) is 6.48. The van der Waals surface area contributed by atoms with Crippen molar-refractivity contribution in [2.45, 2.75) is 37.6 Å². The van der Waals surface area contributed by atoms with Crippen LogP contribution in [0.4, 0.5) is 0 Å². The van der Waals surface area contributed by atoms with Crippen molar-refractivity contribution in [3.8, 4) is 22.6 Å². The molecular formula is C34H35ClO5. The molecule has 0 radical (unpaired) electrons. The summed E-state index contributed by atoms with van der Waals surface area (Å²) in [6, 6.07) is 33.3. The Balaban J connectivity index is 1.52. The third-order valence-corrected chi connectivity index (χ3v) is 7.57. The van der Waals surface area contributed by atoms with E-state index in [0.717, 1.165) is 11.1 Å². The van der Waals surface area contributed by atoms with Crippen LogP contribution in [0.15, 0.2) is 97.1 Å². The first-order valence-electron chi connectivity index (χ1n) is 13.6. The predicted octanol–water partition coefficient (Wildman–Crippen LogP) is 6.19. The molecular weight excluding hydrogens is 524 g/mol. The topological polar surface area (TPSA) is 68.2 Å². The fourth-order valence-corrected chi connectivity index (χ4v) is 5.50. The molecule has 5 rings (SSSR count). The number of rotatable bonds is 12. The minimum Gasteiger partial charge on any atom is -0.491 e. The summed E-state index contributed by atoms with van der Waals surface area (Å²) >= 11 is 5.73. The summed E-state index contributed by atoms with van der Waals surface area (Å²) in [7, 11) is 0. The highest BCUT2D eigenvalue weighted by atomic mass is 35.5. The number of fused-ring (bicyclic) bond motifs is 3. The highest BCUT2D eigenvalue weighted by Gasteiger charge is 2.45. The van der Waals surface area contributed by atoms with Gasteiger partial charge in [-0.15, -0.1) is 11.6 Å². The van der Waals surface area contributed by atoms with Crippen LogP contribution in [0.3, 0.4) is 0 Å². The first kappa shape index (κ1) is 28.2. The largest absolute Gasteiger partial charge is 0.491 e. The smallest absolute Gasteiger partial charge is 0.119 e. The van der Waals surface area contributed by atoms with E-state index in [1.165, 1.54) is 22.3 Å². The van der Waals surface area contributed by atoms with Gasteiger partial charge in [-0.05, 0) is 71.5 Å². The lowest BCUT2D eigenvalue weighted by Gasteiger charge is -2.34. The number of aliphatic hydroxyl groups is 2. The van der Waals surface area contributed by atoms with E-state index in [4.69, 9.17) is 25.8 Å². The lowest BCUT2D eigenvalue weighted by Crippen LogP contribution is -2.28. The van der Waals surface area contributed by atoms with E-state index in [0.29, 0.717) is 11.5 Å². The summed E-state index contributed by atoms with van der Waals surface area (Å²) in [4.78, 5) is 0. The highest BCUT2D eigenvalue weighted by Crippen LogP contribution is 2.56. The van der Waals surface area contributed by atoms with E-state index in [-0.39, 0.29) is 31.8 Å². The Morgan fingerprint density at radius 2 is 1.07 bits per heavy atom. The zero-order chi connectivity index (χ0) is 28.1. The van der Waals surface area contributed by atoms with Gasteiger partial charge in [0.1, 0.15) is 36.9 Å². The Bertz CT molecular complexity index is 1360. The highest BCUT2D eigenvalue weighted by molar-refractivity contribution is 6.18. The first-order valence-corrected chi connectivity index (χ1v) is 14.2. The fourth-order valence-electron chi connectivity index (χ4n) is 5.41. The van der Waals surface area contributed by atoms with Crippen molar-refractivity contribution < 1.29 is 24.4 Å². The molecule has 1 aliphatic carbocycles. The van der Waals surface area contributed by atoms with Crippen LogP contribution in [0.5, 0.6) is 11.5 Å². The van der Waals surface area contributed by atoms with Crippen LogP contribution in [0.25, 0.3) is 11.1 Å². The van der Waals surface area contributed by atoms with Gasteiger partial charge in [0.25, 0.3) is 0 Å². The molecule has 0 amide bonds. The average molecular weight is 559 g/mol. The molecule has 1 aliphatic rings. The minimum absolute atomic E-state index is 0.0557. The molecule has 4 aromatic carbocycles. The van der Waals surface area contributed by atoms with Crippen molar-refractivity contribution in [1.29, 1.82) is 0 Å². The molecule has 0 heterocycles. The van der Waals surface area contributed by atoms with Crippen molar-refractivity contribution in [2.75, 3.05) is 25.7 Å². The molecule has 0 fully saturated rings. The van der Waals surface area contributed by atoms with Crippen LogP contribution in [0.2, 0.25) is 0 Å². The molecule has 0 unspecified atom stereocenters. The summed E-state index contributed by atoms with van der Waals surface area (Å²) in [5.74, 6) is 1.48. The van der Waals surface area contributed by atoms with Gasteiger partial charge in [0.15, 0.2) is 0 Å². The van der Waals surface area contributed by atoms with E-state index >= 15 is 0 Å². The fraction of sp³-hybridized carbons (Fsp3) is 0.294. The number of halogens is 1. The molecule has 2 atom stereocenters. The molecule has 0 saturated carbocycles. The monoisotopic (exact) mass is 558 g/mol. The first-order chi connectivity index (χ1) is 19.4.